The molecule has 0 aliphatic heterocycles. The third-order valence-electron chi connectivity index (χ3n) is 5.16. The van der Waals surface area contributed by atoms with E-state index in [1.165, 1.54) is 23.1 Å². The fraction of sp³-hybridized carbons (Fsp3) is 0.148. The molecule has 1 amide bonds. The molecule has 4 rings (SSSR count). The van der Waals surface area contributed by atoms with Gasteiger partial charge in [-0.1, -0.05) is 72.8 Å². The minimum Gasteiger partial charge on any atom is -0.480 e. The number of rotatable bonds is 8. The van der Waals surface area contributed by atoms with E-state index in [2.05, 4.69) is 5.32 Å². The lowest BCUT2D eigenvalue weighted by Crippen LogP contribution is -2.26. The molecular weight excluding hydrogens is 464 g/mol. The largest absolute Gasteiger partial charge is 0.480 e. The van der Waals surface area contributed by atoms with Crippen molar-refractivity contribution in [3.8, 4) is 21.0 Å². The highest BCUT2D eigenvalue weighted by Crippen LogP contribution is 2.37. The van der Waals surface area contributed by atoms with E-state index in [1.54, 1.807) is 13.8 Å². The van der Waals surface area contributed by atoms with Gasteiger partial charge in [0.05, 0.1) is 4.88 Å². The molecule has 5 nitrogen and oxygen atoms in total. The summed E-state index contributed by atoms with van der Waals surface area (Å²) in [6.45, 7) is 3.79. The van der Waals surface area contributed by atoms with Crippen LogP contribution in [0.3, 0.4) is 0 Å². The van der Waals surface area contributed by atoms with Crippen LogP contribution in [0.4, 0.5) is 0 Å². The summed E-state index contributed by atoms with van der Waals surface area (Å²) in [5.74, 6) is -1.08. The zero-order chi connectivity index (χ0) is 24.1. The molecule has 1 heterocycles. The average molecular weight is 489 g/mol. The van der Waals surface area contributed by atoms with Crippen molar-refractivity contribution in [1.82, 2.24) is 10.3 Å². The van der Waals surface area contributed by atoms with Crippen LogP contribution in [0.1, 0.15) is 29.9 Å². The molecule has 0 atom stereocenters. The van der Waals surface area contributed by atoms with E-state index in [-0.39, 0.29) is 5.91 Å². The molecular formula is C27H24N2O3S2. The lowest BCUT2D eigenvalue weighted by molar-refractivity contribution is -0.138. The van der Waals surface area contributed by atoms with Gasteiger partial charge in [-0.2, -0.15) is 0 Å². The SMILES string of the molecule is CC(C)(Sc1ccc(-c2nc(C(=O)NCc3ccccc3)c(-c3ccccc3)s2)cc1)C(=O)O. The topological polar surface area (TPSA) is 79.3 Å². The maximum Gasteiger partial charge on any atom is 0.319 e. The number of thiazole rings is 1. The number of carbonyl (C=O) groups excluding carboxylic acids is 1. The highest BCUT2D eigenvalue weighted by molar-refractivity contribution is 8.01. The van der Waals surface area contributed by atoms with Gasteiger partial charge >= 0.3 is 5.97 Å². The van der Waals surface area contributed by atoms with E-state index < -0.39 is 10.7 Å². The van der Waals surface area contributed by atoms with Crippen molar-refractivity contribution >= 4 is 35.0 Å². The van der Waals surface area contributed by atoms with E-state index in [1.807, 2.05) is 84.9 Å². The Morgan fingerprint density at radius 1 is 0.912 bits per heavy atom. The first kappa shape index (κ1) is 23.7. The maximum atomic E-state index is 13.1. The number of carboxylic acids is 1. The van der Waals surface area contributed by atoms with Gasteiger partial charge < -0.3 is 10.4 Å². The van der Waals surface area contributed by atoms with Crippen molar-refractivity contribution in [3.05, 3.63) is 96.2 Å². The molecule has 0 unspecified atom stereocenters. The van der Waals surface area contributed by atoms with Gasteiger partial charge in [0.1, 0.15) is 15.4 Å². The Hall–Kier alpha value is -3.42. The zero-order valence-electron chi connectivity index (χ0n) is 18.8. The number of benzene rings is 3. The third-order valence-corrected chi connectivity index (χ3v) is 7.51. The molecule has 0 bridgehead atoms. The predicted molar refractivity (Wildman–Crippen MR) is 138 cm³/mol. The lowest BCUT2D eigenvalue weighted by Gasteiger charge is -2.18. The van der Waals surface area contributed by atoms with Gasteiger partial charge in [-0.25, -0.2) is 4.98 Å². The van der Waals surface area contributed by atoms with E-state index >= 15 is 0 Å². The quantitative estimate of drug-likeness (QED) is 0.282. The molecule has 2 N–H and O–H groups in total. The minimum absolute atomic E-state index is 0.222. The van der Waals surface area contributed by atoms with Crippen molar-refractivity contribution in [1.29, 1.82) is 0 Å². The Bertz CT molecular complexity index is 1280. The maximum absolute atomic E-state index is 13.1. The van der Waals surface area contributed by atoms with Crippen LogP contribution < -0.4 is 5.32 Å². The summed E-state index contributed by atoms with van der Waals surface area (Å²) in [7, 11) is 0. The summed E-state index contributed by atoms with van der Waals surface area (Å²) >= 11 is 2.76. The zero-order valence-corrected chi connectivity index (χ0v) is 20.5. The number of thioether (sulfide) groups is 1. The molecule has 34 heavy (non-hydrogen) atoms. The molecule has 172 valence electrons. The molecule has 7 heteroatoms. The van der Waals surface area contributed by atoms with E-state index in [9.17, 15) is 14.7 Å². The van der Waals surface area contributed by atoms with Crippen molar-refractivity contribution < 1.29 is 14.7 Å². The Labute approximate surface area is 206 Å². The van der Waals surface area contributed by atoms with Crippen LogP contribution in [-0.2, 0) is 11.3 Å². The molecule has 0 spiro atoms. The van der Waals surface area contributed by atoms with Gasteiger partial charge in [-0.3, -0.25) is 9.59 Å². The first-order chi connectivity index (χ1) is 16.3. The molecule has 0 fully saturated rings. The van der Waals surface area contributed by atoms with E-state index in [4.69, 9.17) is 4.98 Å². The number of hydrogen-bond acceptors (Lipinski definition) is 5. The van der Waals surface area contributed by atoms with Gasteiger partial charge in [-0.15, -0.1) is 23.1 Å². The van der Waals surface area contributed by atoms with Gasteiger partial charge in [0.25, 0.3) is 5.91 Å². The number of hydrogen-bond donors (Lipinski definition) is 2. The molecule has 0 radical (unpaired) electrons. The second-order valence-electron chi connectivity index (χ2n) is 8.17. The summed E-state index contributed by atoms with van der Waals surface area (Å²) < 4.78 is -0.923. The normalized spacial score (nSPS) is 11.2. The van der Waals surface area contributed by atoms with Gasteiger partial charge in [0.2, 0.25) is 0 Å². The molecule has 0 saturated heterocycles. The summed E-state index contributed by atoms with van der Waals surface area (Å²) in [6.07, 6.45) is 0. The number of nitrogens with one attached hydrogen (secondary N) is 1. The molecule has 3 aromatic carbocycles. The molecule has 0 saturated carbocycles. The van der Waals surface area contributed by atoms with Crippen LogP contribution in [0, 0.1) is 0 Å². The van der Waals surface area contributed by atoms with Crippen LogP contribution in [0.25, 0.3) is 21.0 Å². The summed E-state index contributed by atoms with van der Waals surface area (Å²) in [5.41, 5.74) is 3.23. The van der Waals surface area contributed by atoms with Crippen LogP contribution in [0.2, 0.25) is 0 Å². The van der Waals surface area contributed by atoms with Gasteiger partial charge in [-0.05, 0) is 37.1 Å². The Kier molecular flexibility index (Phi) is 7.14. The first-order valence-electron chi connectivity index (χ1n) is 10.7. The van der Waals surface area contributed by atoms with Crippen molar-refractivity contribution in [3.63, 3.8) is 0 Å². The van der Waals surface area contributed by atoms with Crippen molar-refractivity contribution in [2.45, 2.75) is 30.0 Å². The number of aliphatic carboxylic acids is 1. The van der Waals surface area contributed by atoms with Crippen LogP contribution in [-0.4, -0.2) is 26.7 Å². The first-order valence-corrected chi connectivity index (χ1v) is 12.4. The fourth-order valence-corrected chi connectivity index (χ4v) is 5.27. The number of carbonyl (C=O) groups is 2. The van der Waals surface area contributed by atoms with Crippen LogP contribution in [0.5, 0.6) is 0 Å². The van der Waals surface area contributed by atoms with Gasteiger partial charge in [0, 0.05) is 17.0 Å². The number of amides is 1. The smallest absolute Gasteiger partial charge is 0.319 e. The van der Waals surface area contributed by atoms with Crippen molar-refractivity contribution in [2.24, 2.45) is 0 Å². The molecule has 1 aromatic heterocycles. The monoisotopic (exact) mass is 488 g/mol. The molecule has 0 aliphatic rings. The van der Waals surface area contributed by atoms with Crippen molar-refractivity contribution in [2.75, 3.05) is 0 Å². The second kappa shape index (κ2) is 10.2. The summed E-state index contributed by atoms with van der Waals surface area (Å²) in [5, 5.41) is 13.1. The van der Waals surface area contributed by atoms with Crippen LogP contribution >= 0.6 is 23.1 Å². The Morgan fingerprint density at radius 2 is 1.53 bits per heavy atom. The highest BCUT2D eigenvalue weighted by Gasteiger charge is 2.28. The Balaban J connectivity index is 1.62. The highest BCUT2D eigenvalue weighted by atomic mass is 32.2. The Morgan fingerprint density at radius 3 is 2.15 bits per heavy atom. The molecule has 4 aromatic rings. The second-order valence-corrected chi connectivity index (χ2v) is 10.9. The third kappa shape index (κ3) is 5.55. The van der Waals surface area contributed by atoms with Crippen LogP contribution in [0.15, 0.2) is 89.8 Å². The predicted octanol–water partition coefficient (Wildman–Crippen LogP) is 6.36. The fourth-order valence-electron chi connectivity index (χ4n) is 3.25. The summed E-state index contributed by atoms with van der Waals surface area (Å²) in [4.78, 5) is 30.9. The lowest BCUT2D eigenvalue weighted by atomic mass is 10.1. The standard InChI is InChI=1S/C27H24N2O3S2/c1-27(2,26(31)32)34-21-15-13-20(14-16-21)25-29-22(23(33-25)19-11-7-4-8-12-19)24(30)28-17-18-9-5-3-6-10-18/h3-16H,17H2,1-2H3,(H,28,30)(H,31,32). The minimum atomic E-state index is -0.923. The number of aromatic nitrogens is 1. The average Bonchev–Trinajstić information content (AvgIpc) is 3.29. The molecule has 0 aliphatic carbocycles. The van der Waals surface area contributed by atoms with E-state index in [0.717, 1.165) is 31.5 Å². The summed E-state index contributed by atoms with van der Waals surface area (Å²) in [6, 6.07) is 27.1. The number of carboxylic acid groups (broad SMARTS) is 1. The van der Waals surface area contributed by atoms with E-state index in [0.29, 0.717) is 12.2 Å². The number of nitrogens with zero attached hydrogens (tertiary/aromatic N) is 1. The van der Waals surface area contributed by atoms with Gasteiger partial charge in [0.15, 0.2) is 0 Å².